The topological polar surface area (TPSA) is 185 Å². The lowest BCUT2D eigenvalue weighted by Gasteiger charge is -2.40. The van der Waals surface area contributed by atoms with E-state index in [-0.39, 0.29) is 29.3 Å². The quantitative estimate of drug-likeness (QED) is 0.259. The molecule has 2 heterocycles. The molecule has 0 radical (unpaired) electrons. The molecule has 12 nitrogen and oxygen atoms in total. The third-order valence-corrected chi connectivity index (χ3v) is 8.37. The molecule has 2 atom stereocenters. The fraction of sp³-hybridized carbons (Fsp3) is 0.484. The number of hydrogen-bond acceptors (Lipinski definition) is 8. The lowest BCUT2D eigenvalue weighted by Crippen LogP contribution is -2.46. The first kappa shape index (κ1) is 34.8. The van der Waals surface area contributed by atoms with Crippen LogP contribution < -0.4 is 0 Å². The Bertz CT molecular complexity index is 1360. The molecule has 0 bridgehead atoms. The van der Waals surface area contributed by atoms with E-state index < -0.39 is 36.4 Å². The number of likely N-dealkylation sites (tertiary alicyclic amines) is 1. The molecule has 0 saturated carbocycles. The molecule has 0 aromatic heterocycles. The smallest absolute Gasteiger partial charge is 0.336 e. The largest absolute Gasteiger partial charge is 0.508 e. The number of halogens is 1. The molecule has 0 aliphatic carbocycles. The van der Waals surface area contributed by atoms with Crippen molar-refractivity contribution in [3.8, 4) is 5.75 Å². The van der Waals surface area contributed by atoms with Crippen LogP contribution in [0.1, 0.15) is 55.4 Å². The standard InChI is InChI=1S/C25H31ClN2O3.C6H8O7/c1-17-21-6-4-5-7-22(21)25(31-17)10-12-28(13-11-25)16-19(24(30)27(2)3)14-18-15-20(29)8-9-23(18)26;7-3(8)1-6(13,5(11)12)2-4(9)10/h4-9,15,17,19,29H,10-14,16H2,1-3H3;13H,1-2H2,(H,7,8)(H,9,10)(H,11,12). The maximum absolute atomic E-state index is 12.9. The molecule has 2 aromatic carbocycles. The van der Waals surface area contributed by atoms with Crippen molar-refractivity contribution in [3.63, 3.8) is 0 Å². The summed E-state index contributed by atoms with van der Waals surface area (Å²) >= 11 is 6.34. The Hall–Kier alpha value is -3.71. The first-order chi connectivity index (χ1) is 20.6. The van der Waals surface area contributed by atoms with Gasteiger partial charge in [0, 0.05) is 38.8 Å². The second-order valence-corrected chi connectivity index (χ2v) is 11.9. The minimum atomic E-state index is -2.74. The minimum Gasteiger partial charge on any atom is -0.508 e. The molecule has 1 saturated heterocycles. The molecule has 240 valence electrons. The molecule has 1 fully saturated rings. The number of aromatic hydroxyl groups is 1. The van der Waals surface area contributed by atoms with Crippen molar-refractivity contribution < 1.29 is 49.4 Å². The average Bonchev–Trinajstić information content (AvgIpc) is 3.21. The van der Waals surface area contributed by atoms with Crippen LogP contribution in [0, 0.1) is 5.92 Å². The highest BCUT2D eigenvalue weighted by molar-refractivity contribution is 6.31. The van der Waals surface area contributed by atoms with E-state index in [1.165, 1.54) is 11.1 Å². The van der Waals surface area contributed by atoms with Gasteiger partial charge in [0.25, 0.3) is 0 Å². The number of carboxylic acids is 3. The summed E-state index contributed by atoms with van der Waals surface area (Å²) < 4.78 is 6.48. The molecular weight excluding hydrogens is 596 g/mol. The Morgan fingerprint density at radius 3 is 2.18 bits per heavy atom. The van der Waals surface area contributed by atoms with Crippen molar-refractivity contribution in [1.82, 2.24) is 9.80 Å². The van der Waals surface area contributed by atoms with Crippen LogP contribution in [-0.2, 0) is 35.9 Å². The molecule has 44 heavy (non-hydrogen) atoms. The fourth-order valence-electron chi connectivity index (χ4n) is 5.82. The van der Waals surface area contributed by atoms with Crippen molar-refractivity contribution in [1.29, 1.82) is 0 Å². The summed E-state index contributed by atoms with van der Waals surface area (Å²) in [5.74, 6) is -4.99. The zero-order valence-electron chi connectivity index (χ0n) is 24.9. The minimum absolute atomic E-state index is 0.0794. The second-order valence-electron chi connectivity index (χ2n) is 11.5. The Balaban J connectivity index is 0.000000345. The first-order valence-corrected chi connectivity index (χ1v) is 14.5. The zero-order chi connectivity index (χ0) is 32.8. The molecule has 2 unspecified atom stereocenters. The van der Waals surface area contributed by atoms with Crippen molar-refractivity contribution in [2.24, 2.45) is 5.92 Å². The van der Waals surface area contributed by atoms with Crippen LogP contribution in [0.2, 0.25) is 5.02 Å². The maximum Gasteiger partial charge on any atom is 0.336 e. The molecule has 2 aliphatic heterocycles. The zero-order valence-corrected chi connectivity index (χ0v) is 25.7. The Kier molecular flexibility index (Phi) is 11.4. The number of nitrogens with zero attached hydrogens (tertiary/aromatic N) is 2. The SMILES string of the molecule is CC1OC2(CCN(CC(Cc3cc(O)ccc3Cl)C(=O)N(C)C)CC2)c2ccccc21.O=C(O)CC(O)(CC(=O)O)C(=O)O. The van der Waals surface area contributed by atoms with E-state index in [1.807, 2.05) is 0 Å². The number of ether oxygens (including phenoxy) is 1. The summed E-state index contributed by atoms with van der Waals surface area (Å²) in [7, 11) is 3.57. The van der Waals surface area contributed by atoms with E-state index in [1.54, 1.807) is 37.2 Å². The van der Waals surface area contributed by atoms with Gasteiger partial charge in [0.05, 0.1) is 30.5 Å². The lowest BCUT2D eigenvalue weighted by atomic mass is 9.83. The van der Waals surface area contributed by atoms with Gasteiger partial charge in [-0.2, -0.15) is 0 Å². The van der Waals surface area contributed by atoms with E-state index in [0.29, 0.717) is 18.0 Å². The highest BCUT2D eigenvalue weighted by Gasteiger charge is 2.45. The lowest BCUT2D eigenvalue weighted by molar-refractivity contribution is -0.170. The first-order valence-electron chi connectivity index (χ1n) is 14.1. The summed E-state index contributed by atoms with van der Waals surface area (Å²) in [6.45, 7) is 4.55. The predicted octanol–water partition coefficient (Wildman–Crippen LogP) is 3.13. The van der Waals surface area contributed by atoms with Crippen LogP contribution in [0.3, 0.4) is 0 Å². The number of aliphatic carboxylic acids is 3. The monoisotopic (exact) mass is 634 g/mol. The van der Waals surface area contributed by atoms with E-state index in [2.05, 4.69) is 36.1 Å². The number of piperidine rings is 1. The molecule has 4 rings (SSSR count). The molecule has 5 N–H and O–H groups in total. The van der Waals surface area contributed by atoms with Gasteiger partial charge >= 0.3 is 17.9 Å². The van der Waals surface area contributed by atoms with E-state index in [4.69, 9.17) is 36.8 Å². The van der Waals surface area contributed by atoms with Crippen LogP contribution in [0.15, 0.2) is 42.5 Å². The van der Waals surface area contributed by atoms with Gasteiger partial charge in [-0.3, -0.25) is 14.4 Å². The van der Waals surface area contributed by atoms with E-state index in [0.717, 1.165) is 31.5 Å². The number of hydrogen-bond donors (Lipinski definition) is 5. The van der Waals surface area contributed by atoms with Gasteiger partial charge in [-0.25, -0.2) is 4.79 Å². The van der Waals surface area contributed by atoms with Crippen LogP contribution in [-0.4, -0.2) is 98.5 Å². The number of amides is 1. The van der Waals surface area contributed by atoms with Gasteiger partial charge in [0.1, 0.15) is 5.75 Å². The van der Waals surface area contributed by atoms with Crippen LogP contribution in [0.4, 0.5) is 0 Å². The number of carbonyl (C=O) groups is 4. The summed E-state index contributed by atoms with van der Waals surface area (Å²) in [4.78, 5) is 47.4. The van der Waals surface area contributed by atoms with Gasteiger partial charge in [-0.1, -0.05) is 35.9 Å². The normalized spacial score (nSPS) is 18.1. The number of aliphatic hydroxyl groups is 1. The van der Waals surface area contributed by atoms with Crippen molar-refractivity contribution in [2.75, 3.05) is 33.7 Å². The summed E-state index contributed by atoms with van der Waals surface area (Å²) in [6, 6.07) is 13.5. The van der Waals surface area contributed by atoms with Crippen molar-refractivity contribution in [2.45, 2.75) is 56.3 Å². The third kappa shape index (κ3) is 8.47. The van der Waals surface area contributed by atoms with Crippen molar-refractivity contribution >= 4 is 35.4 Å². The van der Waals surface area contributed by atoms with Gasteiger partial charge < -0.3 is 40.1 Å². The number of carbonyl (C=O) groups excluding carboxylic acids is 1. The third-order valence-electron chi connectivity index (χ3n) is 8.01. The Labute approximate surface area is 260 Å². The van der Waals surface area contributed by atoms with Crippen LogP contribution in [0.5, 0.6) is 5.75 Å². The number of fused-ring (bicyclic) bond motifs is 2. The van der Waals surface area contributed by atoms with Gasteiger partial charge in [-0.05, 0) is 61.1 Å². The van der Waals surface area contributed by atoms with Crippen LogP contribution >= 0.6 is 11.6 Å². The van der Waals surface area contributed by atoms with Gasteiger partial charge in [0.2, 0.25) is 5.91 Å². The number of benzene rings is 2. The molecule has 2 aromatic rings. The number of phenols is 1. The summed E-state index contributed by atoms with van der Waals surface area (Å²) in [6.07, 6.45) is 0.179. The summed E-state index contributed by atoms with van der Waals surface area (Å²) in [5.41, 5.74) is 0.488. The molecule has 1 amide bonds. The molecule has 1 spiro atoms. The van der Waals surface area contributed by atoms with Crippen LogP contribution in [0.25, 0.3) is 0 Å². The molecule has 13 heteroatoms. The number of rotatable bonds is 10. The van der Waals surface area contributed by atoms with E-state index in [9.17, 15) is 24.3 Å². The average molecular weight is 635 g/mol. The highest BCUT2D eigenvalue weighted by Crippen LogP contribution is 2.49. The van der Waals surface area contributed by atoms with Crippen molar-refractivity contribution in [3.05, 3.63) is 64.2 Å². The Morgan fingerprint density at radius 2 is 1.64 bits per heavy atom. The second kappa shape index (κ2) is 14.4. The number of phenolic OH excluding ortho intramolecular Hbond substituents is 1. The predicted molar refractivity (Wildman–Crippen MR) is 159 cm³/mol. The number of carboxylic acid groups (broad SMARTS) is 3. The molecular formula is C31H39ClN2O10. The Morgan fingerprint density at radius 1 is 1.05 bits per heavy atom. The molecule has 2 aliphatic rings. The van der Waals surface area contributed by atoms with Gasteiger partial charge in [0.15, 0.2) is 5.60 Å². The maximum atomic E-state index is 12.9. The van der Waals surface area contributed by atoms with Gasteiger partial charge in [-0.15, -0.1) is 0 Å². The van der Waals surface area contributed by atoms with E-state index >= 15 is 0 Å². The highest BCUT2D eigenvalue weighted by atomic mass is 35.5. The summed E-state index contributed by atoms with van der Waals surface area (Å²) in [5, 5.41) is 44.3. The fourth-order valence-corrected chi connectivity index (χ4v) is 6.01.